The van der Waals surface area contributed by atoms with Gasteiger partial charge >= 0.3 is 0 Å². The minimum atomic E-state index is -3.07. The van der Waals surface area contributed by atoms with E-state index in [2.05, 4.69) is 22.4 Å². The van der Waals surface area contributed by atoms with Crippen LogP contribution in [-0.4, -0.2) is 43.1 Å². The van der Waals surface area contributed by atoms with Crippen LogP contribution in [0.15, 0.2) is 30.3 Å². The van der Waals surface area contributed by atoms with Crippen molar-refractivity contribution in [2.75, 3.05) is 24.7 Å². The third-order valence-corrected chi connectivity index (χ3v) is 5.43. The zero-order valence-electron chi connectivity index (χ0n) is 12.9. The van der Waals surface area contributed by atoms with E-state index in [9.17, 15) is 8.42 Å². The third kappa shape index (κ3) is 3.23. The Kier molecular flexibility index (Phi) is 4.06. The molecule has 3 rings (SSSR count). The Morgan fingerprint density at radius 3 is 2.59 bits per heavy atom. The molecule has 1 N–H and O–H groups in total. The summed E-state index contributed by atoms with van der Waals surface area (Å²) < 4.78 is 24.7. The molecule has 6 heteroatoms. The number of rotatable bonds is 3. The van der Waals surface area contributed by atoms with E-state index in [1.165, 1.54) is 6.26 Å². The van der Waals surface area contributed by atoms with E-state index >= 15 is 0 Å². The lowest BCUT2D eigenvalue weighted by atomic mass is 10.1. The number of benzene rings is 1. The van der Waals surface area contributed by atoms with Crippen LogP contribution in [0.4, 0.5) is 5.69 Å². The Morgan fingerprint density at radius 1 is 1.23 bits per heavy atom. The van der Waals surface area contributed by atoms with Gasteiger partial charge in [0.25, 0.3) is 0 Å². The van der Waals surface area contributed by atoms with Gasteiger partial charge in [-0.25, -0.2) is 12.7 Å². The summed E-state index contributed by atoms with van der Waals surface area (Å²) in [5.41, 5.74) is 3.05. The number of nitrogens with one attached hydrogen (secondary N) is 1. The van der Waals surface area contributed by atoms with Crippen molar-refractivity contribution in [3.63, 3.8) is 0 Å². The fourth-order valence-electron chi connectivity index (χ4n) is 2.98. The van der Waals surface area contributed by atoms with Gasteiger partial charge in [0.05, 0.1) is 11.8 Å². The summed E-state index contributed by atoms with van der Waals surface area (Å²) >= 11 is 0. The SMILES string of the molecule is Cc1cc(NC2CCN(S(C)(=O)=O)CC2)c2ccccc2n1. The summed E-state index contributed by atoms with van der Waals surface area (Å²) in [6, 6.07) is 10.4. The Labute approximate surface area is 131 Å². The maximum absolute atomic E-state index is 11.6. The molecule has 1 aromatic heterocycles. The quantitative estimate of drug-likeness (QED) is 0.943. The largest absolute Gasteiger partial charge is 0.382 e. The number of fused-ring (bicyclic) bond motifs is 1. The number of hydrogen-bond acceptors (Lipinski definition) is 4. The third-order valence-electron chi connectivity index (χ3n) is 4.13. The number of pyridine rings is 1. The molecule has 0 atom stereocenters. The highest BCUT2D eigenvalue weighted by molar-refractivity contribution is 7.88. The molecular formula is C16H21N3O2S. The summed E-state index contributed by atoms with van der Waals surface area (Å²) in [7, 11) is -3.07. The average Bonchev–Trinajstić information content (AvgIpc) is 2.46. The summed E-state index contributed by atoms with van der Waals surface area (Å²) in [6.45, 7) is 3.15. The van der Waals surface area contributed by atoms with Gasteiger partial charge in [-0.1, -0.05) is 18.2 Å². The molecule has 1 saturated heterocycles. The number of anilines is 1. The lowest BCUT2D eigenvalue weighted by molar-refractivity contribution is 0.332. The fourth-order valence-corrected chi connectivity index (χ4v) is 3.85. The molecule has 22 heavy (non-hydrogen) atoms. The first-order valence-electron chi connectivity index (χ1n) is 7.51. The van der Waals surface area contributed by atoms with Crippen molar-refractivity contribution in [2.45, 2.75) is 25.8 Å². The molecule has 0 aliphatic carbocycles. The molecule has 2 aromatic rings. The molecule has 1 aliphatic rings. The van der Waals surface area contributed by atoms with Crippen LogP contribution in [-0.2, 0) is 10.0 Å². The number of aromatic nitrogens is 1. The first-order valence-corrected chi connectivity index (χ1v) is 9.36. The zero-order chi connectivity index (χ0) is 15.7. The molecular weight excluding hydrogens is 298 g/mol. The van der Waals surface area contributed by atoms with Gasteiger partial charge in [0.1, 0.15) is 0 Å². The van der Waals surface area contributed by atoms with Crippen LogP contribution in [0, 0.1) is 6.92 Å². The Hall–Kier alpha value is -1.66. The maximum Gasteiger partial charge on any atom is 0.211 e. The summed E-state index contributed by atoms with van der Waals surface area (Å²) in [5.74, 6) is 0. The number of nitrogens with zero attached hydrogens (tertiary/aromatic N) is 2. The molecule has 1 aromatic carbocycles. The van der Waals surface area contributed by atoms with Crippen molar-refractivity contribution in [3.8, 4) is 0 Å². The van der Waals surface area contributed by atoms with E-state index in [1.54, 1.807) is 4.31 Å². The Bertz CT molecular complexity index is 781. The summed E-state index contributed by atoms with van der Waals surface area (Å²) in [4.78, 5) is 4.55. The van der Waals surface area contributed by atoms with Crippen LogP contribution in [0.5, 0.6) is 0 Å². The van der Waals surface area contributed by atoms with Gasteiger partial charge in [0.15, 0.2) is 0 Å². The molecule has 0 radical (unpaired) electrons. The molecule has 0 unspecified atom stereocenters. The van der Waals surface area contributed by atoms with Crippen molar-refractivity contribution in [3.05, 3.63) is 36.0 Å². The number of hydrogen-bond donors (Lipinski definition) is 1. The smallest absolute Gasteiger partial charge is 0.211 e. The number of aryl methyl sites for hydroxylation is 1. The topological polar surface area (TPSA) is 62.3 Å². The number of sulfonamides is 1. The first-order chi connectivity index (χ1) is 10.4. The molecule has 0 saturated carbocycles. The normalized spacial score (nSPS) is 17.7. The van der Waals surface area contributed by atoms with Crippen LogP contribution in [0.3, 0.4) is 0 Å². The van der Waals surface area contributed by atoms with Crippen LogP contribution < -0.4 is 5.32 Å². The van der Waals surface area contributed by atoms with Crippen molar-refractivity contribution < 1.29 is 8.42 Å². The van der Waals surface area contributed by atoms with Gasteiger partial charge in [-0.05, 0) is 31.9 Å². The standard InChI is InChI=1S/C16H21N3O2S/c1-12-11-16(14-5-3-4-6-15(14)17-12)18-13-7-9-19(10-8-13)22(2,20)21/h3-6,11,13H,7-10H2,1-2H3,(H,17,18). The molecule has 118 valence electrons. The van der Waals surface area contributed by atoms with Crippen molar-refractivity contribution in [1.29, 1.82) is 0 Å². The van der Waals surface area contributed by atoms with E-state index in [0.29, 0.717) is 19.1 Å². The van der Waals surface area contributed by atoms with E-state index < -0.39 is 10.0 Å². The molecule has 0 amide bonds. The summed E-state index contributed by atoms with van der Waals surface area (Å²) in [6.07, 6.45) is 2.92. The minimum absolute atomic E-state index is 0.295. The average molecular weight is 319 g/mol. The molecule has 0 bridgehead atoms. The molecule has 1 aliphatic heterocycles. The van der Waals surface area contributed by atoms with Crippen LogP contribution in [0.2, 0.25) is 0 Å². The van der Waals surface area contributed by atoms with Crippen LogP contribution in [0.25, 0.3) is 10.9 Å². The molecule has 5 nitrogen and oxygen atoms in total. The van der Waals surface area contributed by atoms with Crippen molar-refractivity contribution in [2.24, 2.45) is 0 Å². The second-order valence-electron chi connectivity index (χ2n) is 5.91. The van der Waals surface area contributed by atoms with Crippen molar-refractivity contribution in [1.82, 2.24) is 9.29 Å². The molecule has 2 heterocycles. The Morgan fingerprint density at radius 2 is 1.91 bits per heavy atom. The second-order valence-corrected chi connectivity index (χ2v) is 7.89. The van der Waals surface area contributed by atoms with Gasteiger partial charge in [-0.2, -0.15) is 0 Å². The molecule has 0 spiro atoms. The number of piperidine rings is 1. The summed E-state index contributed by atoms with van der Waals surface area (Å²) in [5, 5.41) is 4.69. The monoisotopic (exact) mass is 319 g/mol. The maximum atomic E-state index is 11.6. The van der Waals surface area contributed by atoms with Crippen LogP contribution >= 0.6 is 0 Å². The highest BCUT2D eigenvalue weighted by Gasteiger charge is 2.25. The van der Waals surface area contributed by atoms with Gasteiger partial charge < -0.3 is 5.32 Å². The van der Waals surface area contributed by atoms with E-state index in [0.717, 1.165) is 35.1 Å². The number of para-hydroxylation sites is 1. The van der Waals surface area contributed by atoms with E-state index in [1.807, 2.05) is 25.1 Å². The van der Waals surface area contributed by atoms with Crippen molar-refractivity contribution >= 4 is 26.6 Å². The fraction of sp³-hybridized carbons (Fsp3) is 0.438. The molecule has 1 fully saturated rings. The van der Waals surface area contributed by atoms with Crippen LogP contribution in [0.1, 0.15) is 18.5 Å². The lowest BCUT2D eigenvalue weighted by Gasteiger charge is -2.31. The highest BCUT2D eigenvalue weighted by atomic mass is 32.2. The Balaban J connectivity index is 1.78. The van der Waals surface area contributed by atoms with Gasteiger partial charge in [0.2, 0.25) is 10.0 Å². The predicted octanol–water partition coefficient (Wildman–Crippen LogP) is 2.38. The minimum Gasteiger partial charge on any atom is -0.382 e. The zero-order valence-corrected chi connectivity index (χ0v) is 13.7. The van der Waals surface area contributed by atoms with E-state index in [-0.39, 0.29) is 0 Å². The first kappa shape index (κ1) is 15.2. The second kappa shape index (κ2) is 5.85. The van der Waals surface area contributed by atoms with Gasteiger partial charge in [0, 0.05) is 35.9 Å². The lowest BCUT2D eigenvalue weighted by Crippen LogP contribution is -2.41. The van der Waals surface area contributed by atoms with Gasteiger partial charge in [-0.15, -0.1) is 0 Å². The predicted molar refractivity (Wildman–Crippen MR) is 89.5 cm³/mol. The van der Waals surface area contributed by atoms with E-state index in [4.69, 9.17) is 0 Å². The highest BCUT2D eigenvalue weighted by Crippen LogP contribution is 2.26. The van der Waals surface area contributed by atoms with Gasteiger partial charge in [-0.3, -0.25) is 4.98 Å².